The van der Waals surface area contributed by atoms with Crippen LogP contribution in [0.1, 0.15) is 31.6 Å². The molecule has 2 aromatic heterocycles. The zero-order valence-electron chi connectivity index (χ0n) is 12.4. The molecule has 1 aliphatic heterocycles. The number of nitrogens with zero attached hydrogens (tertiary/aromatic N) is 3. The number of furan rings is 1. The van der Waals surface area contributed by atoms with Crippen molar-refractivity contribution in [2.75, 3.05) is 20.1 Å². The molecule has 0 aromatic carbocycles. The van der Waals surface area contributed by atoms with E-state index in [2.05, 4.69) is 20.4 Å². The first kappa shape index (κ1) is 14.3. The molecule has 3 rings (SSSR count). The number of aromatic nitrogens is 2. The summed E-state index contributed by atoms with van der Waals surface area (Å²) in [7, 11) is 2.00. The molecular weight excluding hydrogens is 268 g/mol. The summed E-state index contributed by atoms with van der Waals surface area (Å²) in [6.07, 6.45) is 6.59. The van der Waals surface area contributed by atoms with Gasteiger partial charge in [0.25, 0.3) is 0 Å². The maximum absolute atomic E-state index is 5.37. The molecule has 3 heterocycles. The lowest BCUT2D eigenvalue weighted by Gasteiger charge is -2.34. The lowest BCUT2D eigenvalue weighted by atomic mass is 9.99. The number of piperidine rings is 1. The quantitative estimate of drug-likeness (QED) is 0.880. The fourth-order valence-corrected chi connectivity index (χ4v) is 2.90. The van der Waals surface area contributed by atoms with Crippen molar-refractivity contribution in [2.24, 2.45) is 0 Å². The Hall–Kier alpha value is -1.66. The van der Waals surface area contributed by atoms with Gasteiger partial charge in [-0.25, -0.2) is 0 Å². The lowest BCUT2D eigenvalue weighted by molar-refractivity contribution is 0.117. The molecule has 0 radical (unpaired) electrons. The number of likely N-dealkylation sites (tertiary alicyclic amines) is 1. The van der Waals surface area contributed by atoms with E-state index in [1.807, 2.05) is 19.2 Å². The van der Waals surface area contributed by atoms with E-state index in [1.165, 1.54) is 19.3 Å². The largest absolute Gasteiger partial charge is 0.461 e. The van der Waals surface area contributed by atoms with Crippen molar-refractivity contribution in [3.8, 4) is 11.6 Å². The number of rotatable bonds is 6. The summed E-state index contributed by atoms with van der Waals surface area (Å²) < 4.78 is 10.7. The second-order valence-electron chi connectivity index (χ2n) is 5.50. The molecule has 1 atom stereocenters. The summed E-state index contributed by atoms with van der Waals surface area (Å²) in [5.41, 5.74) is 0. The van der Waals surface area contributed by atoms with E-state index in [1.54, 1.807) is 6.26 Å². The van der Waals surface area contributed by atoms with Gasteiger partial charge < -0.3 is 14.3 Å². The molecule has 1 fully saturated rings. The molecule has 0 amide bonds. The van der Waals surface area contributed by atoms with E-state index in [9.17, 15) is 0 Å². The minimum absolute atomic E-state index is 0.527. The minimum atomic E-state index is 0.527. The van der Waals surface area contributed by atoms with Crippen LogP contribution >= 0.6 is 0 Å². The van der Waals surface area contributed by atoms with E-state index in [0.29, 0.717) is 23.5 Å². The predicted molar refractivity (Wildman–Crippen MR) is 78.6 cm³/mol. The van der Waals surface area contributed by atoms with Crippen LogP contribution in [0.25, 0.3) is 11.6 Å². The Kier molecular flexibility index (Phi) is 4.67. The number of hydrogen-bond acceptors (Lipinski definition) is 6. The van der Waals surface area contributed by atoms with Gasteiger partial charge in [0.15, 0.2) is 5.76 Å². The molecule has 2 aromatic rings. The van der Waals surface area contributed by atoms with Crippen molar-refractivity contribution in [3.05, 3.63) is 24.3 Å². The molecule has 1 aliphatic rings. The highest BCUT2D eigenvalue weighted by Crippen LogP contribution is 2.22. The second-order valence-corrected chi connectivity index (χ2v) is 5.50. The molecule has 6 heteroatoms. The van der Waals surface area contributed by atoms with Crippen LogP contribution < -0.4 is 5.32 Å². The highest BCUT2D eigenvalue weighted by molar-refractivity contribution is 5.44. The monoisotopic (exact) mass is 290 g/mol. The van der Waals surface area contributed by atoms with Crippen LogP contribution in [0.5, 0.6) is 0 Å². The average Bonchev–Trinajstić information content (AvgIpc) is 3.17. The molecule has 0 bridgehead atoms. The van der Waals surface area contributed by atoms with Crippen LogP contribution in [0.3, 0.4) is 0 Å². The van der Waals surface area contributed by atoms with Crippen LogP contribution in [0.15, 0.2) is 27.3 Å². The summed E-state index contributed by atoms with van der Waals surface area (Å²) in [5, 5.41) is 7.22. The standard InChI is InChI=1S/C15H22N4O2/c1-16-8-7-12-5-2-3-9-19(12)11-14-17-15(18-21-14)13-6-4-10-20-13/h4,6,10,12,16H,2-3,5,7-9,11H2,1H3. The normalized spacial score (nSPS) is 20.0. The van der Waals surface area contributed by atoms with Gasteiger partial charge in [0.1, 0.15) is 0 Å². The van der Waals surface area contributed by atoms with Crippen molar-refractivity contribution < 1.29 is 8.94 Å². The summed E-state index contributed by atoms with van der Waals surface area (Å²) >= 11 is 0. The van der Waals surface area contributed by atoms with Gasteiger partial charge in [-0.3, -0.25) is 4.90 Å². The molecule has 21 heavy (non-hydrogen) atoms. The summed E-state index contributed by atoms with van der Waals surface area (Å²) in [4.78, 5) is 6.89. The van der Waals surface area contributed by atoms with Gasteiger partial charge in [-0.15, -0.1) is 0 Å². The molecule has 0 spiro atoms. The fourth-order valence-electron chi connectivity index (χ4n) is 2.90. The third kappa shape index (κ3) is 3.51. The van der Waals surface area contributed by atoms with Crippen molar-refractivity contribution >= 4 is 0 Å². The van der Waals surface area contributed by atoms with E-state index < -0.39 is 0 Å². The molecule has 114 valence electrons. The van der Waals surface area contributed by atoms with Crippen LogP contribution in [-0.2, 0) is 6.54 Å². The van der Waals surface area contributed by atoms with Gasteiger partial charge in [-0.2, -0.15) is 4.98 Å². The SMILES string of the molecule is CNCCC1CCCCN1Cc1nc(-c2ccco2)no1. The van der Waals surface area contributed by atoms with Gasteiger partial charge in [0.05, 0.1) is 12.8 Å². The van der Waals surface area contributed by atoms with Crippen LogP contribution in [0, 0.1) is 0 Å². The van der Waals surface area contributed by atoms with Crippen LogP contribution in [0.2, 0.25) is 0 Å². The molecule has 1 saturated heterocycles. The minimum Gasteiger partial charge on any atom is -0.461 e. The molecule has 6 nitrogen and oxygen atoms in total. The Morgan fingerprint density at radius 2 is 2.38 bits per heavy atom. The molecule has 0 aliphatic carbocycles. The highest BCUT2D eigenvalue weighted by Gasteiger charge is 2.24. The van der Waals surface area contributed by atoms with Crippen LogP contribution in [0.4, 0.5) is 0 Å². The topological polar surface area (TPSA) is 67.3 Å². The van der Waals surface area contributed by atoms with Crippen LogP contribution in [-0.4, -0.2) is 41.2 Å². The molecule has 0 saturated carbocycles. The lowest BCUT2D eigenvalue weighted by Crippen LogP contribution is -2.40. The fraction of sp³-hybridized carbons (Fsp3) is 0.600. The first-order chi connectivity index (χ1) is 10.4. The number of hydrogen-bond donors (Lipinski definition) is 1. The Bertz CT molecular complexity index is 538. The van der Waals surface area contributed by atoms with E-state index >= 15 is 0 Å². The smallest absolute Gasteiger partial charge is 0.241 e. The van der Waals surface area contributed by atoms with E-state index in [0.717, 1.165) is 26.1 Å². The Morgan fingerprint density at radius 1 is 1.43 bits per heavy atom. The predicted octanol–water partition coefficient (Wildman–Crippen LogP) is 2.29. The highest BCUT2D eigenvalue weighted by atomic mass is 16.5. The van der Waals surface area contributed by atoms with Crippen molar-refractivity contribution in [1.29, 1.82) is 0 Å². The Labute approximate surface area is 124 Å². The Morgan fingerprint density at radius 3 is 3.19 bits per heavy atom. The van der Waals surface area contributed by atoms with Gasteiger partial charge in [-0.1, -0.05) is 11.6 Å². The maximum Gasteiger partial charge on any atom is 0.241 e. The van der Waals surface area contributed by atoms with Gasteiger partial charge >= 0.3 is 0 Å². The third-order valence-corrected chi connectivity index (χ3v) is 4.02. The first-order valence-electron chi connectivity index (χ1n) is 7.62. The van der Waals surface area contributed by atoms with E-state index in [-0.39, 0.29) is 0 Å². The molecule has 1 unspecified atom stereocenters. The van der Waals surface area contributed by atoms with Gasteiger partial charge in [0.2, 0.25) is 11.7 Å². The Balaban J connectivity index is 1.64. The molecule has 1 N–H and O–H groups in total. The van der Waals surface area contributed by atoms with Crippen molar-refractivity contribution in [1.82, 2.24) is 20.4 Å². The third-order valence-electron chi connectivity index (χ3n) is 4.02. The molecular formula is C15H22N4O2. The maximum atomic E-state index is 5.37. The van der Waals surface area contributed by atoms with E-state index in [4.69, 9.17) is 8.94 Å². The number of nitrogens with one attached hydrogen (secondary N) is 1. The van der Waals surface area contributed by atoms with Crippen molar-refractivity contribution in [3.63, 3.8) is 0 Å². The van der Waals surface area contributed by atoms with Crippen molar-refractivity contribution in [2.45, 2.75) is 38.3 Å². The zero-order valence-corrected chi connectivity index (χ0v) is 12.4. The van der Waals surface area contributed by atoms with Gasteiger partial charge in [0, 0.05) is 6.04 Å². The first-order valence-corrected chi connectivity index (χ1v) is 7.62. The summed E-state index contributed by atoms with van der Waals surface area (Å²) in [6.45, 7) is 2.87. The second kappa shape index (κ2) is 6.87. The average molecular weight is 290 g/mol. The van der Waals surface area contributed by atoms with Gasteiger partial charge in [-0.05, 0) is 51.5 Å². The summed E-state index contributed by atoms with van der Waals surface area (Å²) in [5.74, 6) is 1.84. The summed E-state index contributed by atoms with van der Waals surface area (Å²) in [6, 6.07) is 4.26. The zero-order chi connectivity index (χ0) is 14.5.